The molecule has 0 amide bonds. The highest BCUT2D eigenvalue weighted by molar-refractivity contribution is 7.90. The second kappa shape index (κ2) is 6.73. The zero-order valence-electron chi connectivity index (χ0n) is 16.0. The van der Waals surface area contributed by atoms with Crippen molar-refractivity contribution in [3.63, 3.8) is 0 Å². The summed E-state index contributed by atoms with van der Waals surface area (Å²) in [5, 5.41) is 4.54. The molecule has 0 saturated carbocycles. The van der Waals surface area contributed by atoms with Crippen molar-refractivity contribution < 1.29 is 13.2 Å². The normalized spacial score (nSPS) is 22.4. The molecule has 1 saturated heterocycles. The van der Waals surface area contributed by atoms with Crippen LogP contribution in [0.3, 0.4) is 0 Å². The minimum atomic E-state index is -3.03. The molecule has 1 fully saturated rings. The lowest BCUT2D eigenvalue weighted by Crippen LogP contribution is -2.47. The first-order valence-electron chi connectivity index (χ1n) is 9.87. The molecule has 8 nitrogen and oxygen atoms in total. The highest BCUT2D eigenvalue weighted by Gasteiger charge is 2.29. The molecule has 1 aromatic heterocycles. The number of fused-ring (bicyclic) bond motifs is 2. The first kappa shape index (κ1) is 17.9. The Bertz CT molecular complexity index is 995. The molecule has 3 aliphatic heterocycles. The molecule has 1 aromatic carbocycles. The topological polar surface area (TPSA) is 80.6 Å². The lowest BCUT2D eigenvalue weighted by atomic mass is 10.0. The van der Waals surface area contributed by atoms with E-state index in [1.807, 2.05) is 0 Å². The van der Waals surface area contributed by atoms with Gasteiger partial charge < -0.3 is 9.64 Å². The number of ether oxygens (including phenoxy) is 1. The highest BCUT2D eigenvalue weighted by atomic mass is 32.2. The Hall–Kier alpha value is -2.13. The Balaban J connectivity index is 1.25. The van der Waals surface area contributed by atoms with E-state index in [2.05, 4.69) is 45.0 Å². The van der Waals surface area contributed by atoms with Crippen LogP contribution in [0.15, 0.2) is 18.2 Å². The summed E-state index contributed by atoms with van der Waals surface area (Å²) in [6, 6.07) is 6.92. The molecule has 1 atom stereocenters. The minimum absolute atomic E-state index is 0.00258. The number of benzene rings is 1. The Kier molecular flexibility index (Phi) is 4.31. The van der Waals surface area contributed by atoms with Gasteiger partial charge in [-0.1, -0.05) is 12.1 Å². The van der Waals surface area contributed by atoms with E-state index in [9.17, 15) is 8.42 Å². The van der Waals surface area contributed by atoms with E-state index in [1.165, 1.54) is 11.1 Å². The fourth-order valence-electron chi connectivity index (χ4n) is 4.24. The van der Waals surface area contributed by atoms with Gasteiger partial charge in [-0.2, -0.15) is 4.98 Å². The Morgan fingerprint density at radius 1 is 1.14 bits per heavy atom. The van der Waals surface area contributed by atoms with Crippen molar-refractivity contribution in [1.29, 1.82) is 0 Å². The van der Waals surface area contributed by atoms with Crippen molar-refractivity contribution in [2.45, 2.75) is 31.7 Å². The van der Waals surface area contributed by atoms with Crippen molar-refractivity contribution in [2.24, 2.45) is 0 Å². The number of sulfone groups is 1. The number of rotatable bonds is 3. The van der Waals surface area contributed by atoms with Crippen LogP contribution in [-0.2, 0) is 28.6 Å². The molecule has 5 rings (SSSR count). The fourth-order valence-corrected chi connectivity index (χ4v) is 5.44. The van der Waals surface area contributed by atoms with Crippen LogP contribution in [0.25, 0.3) is 0 Å². The molecule has 28 heavy (non-hydrogen) atoms. The van der Waals surface area contributed by atoms with E-state index in [4.69, 9.17) is 4.74 Å². The molecule has 9 heteroatoms. The van der Waals surface area contributed by atoms with Gasteiger partial charge in [0.2, 0.25) is 5.95 Å². The number of aryl methyl sites for hydroxylation is 1. The molecule has 3 aliphatic rings. The highest BCUT2D eigenvalue weighted by Crippen LogP contribution is 2.31. The third kappa shape index (κ3) is 3.26. The molecule has 0 radical (unpaired) electrons. The van der Waals surface area contributed by atoms with E-state index in [0.717, 1.165) is 45.0 Å². The Labute approximate surface area is 165 Å². The summed E-state index contributed by atoms with van der Waals surface area (Å²) in [4.78, 5) is 9.13. The maximum Gasteiger partial charge on any atom is 0.245 e. The van der Waals surface area contributed by atoms with Gasteiger partial charge in [0.15, 0.2) is 9.84 Å². The second-order valence-corrected chi connectivity index (χ2v) is 9.99. The summed E-state index contributed by atoms with van der Waals surface area (Å²) in [5.41, 5.74) is 2.59. The van der Waals surface area contributed by atoms with Crippen LogP contribution < -0.4 is 9.64 Å². The van der Waals surface area contributed by atoms with Crippen molar-refractivity contribution in [3.05, 3.63) is 35.2 Å². The maximum absolute atomic E-state index is 11.8. The zero-order valence-corrected chi connectivity index (χ0v) is 16.9. The average molecular weight is 404 g/mol. The van der Waals surface area contributed by atoms with Gasteiger partial charge in [-0.05, 0) is 24.1 Å². The number of anilines is 1. The number of hydrogen-bond acceptors (Lipinski definition) is 7. The third-order valence-corrected chi connectivity index (χ3v) is 7.55. The average Bonchev–Trinajstić information content (AvgIpc) is 3.32. The van der Waals surface area contributed by atoms with E-state index in [1.54, 1.807) is 4.68 Å². The molecule has 0 aliphatic carbocycles. The molecule has 0 spiro atoms. The van der Waals surface area contributed by atoms with Crippen molar-refractivity contribution >= 4 is 15.8 Å². The summed E-state index contributed by atoms with van der Waals surface area (Å²) in [7, 11) is -3.03. The van der Waals surface area contributed by atoms with Crippen LogP contribution in [0.5, 0.6) is 5.75 Å². The minimum Gasteiger partial charge on any atom is -0.493 e. The predicted molar refractivity (Wildman–Crippen MR) is 105 cm³/mol. The van der Waals surface area contributed by atoms with Gasteiger partial charge >= 0.3 is 0 Å². The van der Waals surface area contributed by atoms with E-state index in [0.29, 0.717) is 24.4 Å². The molecule has 0 N–H and O–H groups in total. The third-order valence-electron chi connectivity index (χ3n) is 6.05. The zero-order chi connectivity index (χ0) is 19.3. The van der Waals surface area contributed by atoms with Crippen molar-refractivity contribution in [1.82, 2.24) is 19.7 Å². The SMILES string of the molecule is CC(c1ccc2c(c1)OCC2)N1CCN(c2nc3n(n2)CCS(=O)(=O)C3)CC1. The largest absolute Gasteiger partial charge is 0.493 e. The van der Waals surface area contributed by atoms with Gasteiger partial charge in [-0.15, -0.1) is 5.10 Å². The van der Waals surface area contributed by atoms with Crippen LogP contribution in [-0.4, -0.2) is 66.6 Å². The lowest BCUT2D eigenvalue weighted by Gasteiger charge is -2.37. The van der Waals surface area contributed by atoms with Gasteiger partial charge in [-0.25, -0.2) is 13.1 Å². The molecular formula is C19H25N5O3S. The van der Waals surface area contributed by atoms with Crippen molar-refractivity contribution in [2.75, 3.05) is 43.4 Å². The smallest absolute Gasteiger partial charge is 0.245 e. The van der Waals surface area contributed by atoms with Crippen LogP contribution in [0.4, 0.5) is 5.95 Å². The predicted octanol–water partition coefficient (Wildman–Crippen LogP) is 1.02. The number of nitrogens with zero attached hydrogens (tertiary/aromatic N) is 5. The molecule has 150 valence electrons. The van der Waals surface area contributed by atoms with Crippen LogP contribution in [0, 0.1) is 0 Å². The van der Waals surface area contributed by atoms with E-state index >= 15 is 0 Å². The Morgan fingerprint density at radius 2 is 1.96 bits per heavy atom. The van der Waals surface area contributed by atoms with E-state index < -0.39 is 9.84 Å². The standard InChI is InChI=1S/C19H25N5O3S/c1-14(16-3-2-15-4-10-27-17(15)12-16)22-5-7-23(8-6-22)19-20-18-13-28(25,26)11-9-24(18)21-19/h2-3,12,14H,4-11,13H2,1H3. The van der Waals surface area contributed by atoms with Crippen LogP contribution in [0.1, 0.15) is 29.9 Å². The van der Waals surface area contributed by atoms with Gasteiger partial charge in [-0.3, -0.25) is 4.90 Å². The number of hydrogen-bond donors (Lipinski definition) is 0. The number of aromatic nitrogens is 3. The summed E-state index contributed by atoms with van der Waals surface area (Å²) in [5.74, 6) is 2.40. The molecule has 2 aromatic rings. The first-order chi connectivity index (χ1) is 13.5. The maximum atomic E-state index is 11.8. The first-order valence-corrected chi connectivity index (χ1v) is 11.7. The van der Waals surface area contributed by atoms with E-state index in [-0.39, 0.29) is 11.5 Å². The summed E-state index contributed by atoms with van der Waals surface area (Å²) in [6.07, 6.45) is 1.01. The van der Waals surface area contributed by atoms with Crippen LogP contribution in [0.2, 0.25) is 0 Å². The number of piperazine rings is 1. The second-order valence-electron chi connectivity index (χ2n) is 7.81. The van der Waals surface area contributed by atoms with Crippen LogP contribution >= 0.6 is 0 Å². The summed E-state index contributed by atoms with van der Waals surface area (Å²) >= 11 is 0. The van der Waals surface area contributed by atoms with Gasteiger partial charge in [0.1, 0.15) is 17.3 Å². The van der Waals surface area contributed by atoms with Gasteiger partial charge in [0.05, 0.1) is 18.9 Å². The molecular weight excluding hydrogens is 378 g/mol. The van der Waals surface area contributed by atoms with Crippen molar-refractivity contribution in [3.8, 4) is 5.75 Å². The fraction of sp³-hybridized carbons (Fsp3) is 0.579. The quantitative estimate of drug-likeness (QED) is 0.757. The summed E-state index contributed by atoms with van der Waals surface area (Å²) < 4.78 is 31.1. The van der Waals surface area contributed by atoms with Gasteiger partial charge in [0, 0.05) is 38.6 Å². The summed E-state index contributed by atoms with van der Waals surface area (Å²) in [6.45, 7) is 6.94. The molecule has 4 heterocycles. The Morgan fingerprint density at radius 3 is 2.79 bits per heavy atom. The molecule has 1 unspecified atom stereocenters. The monoisotopic (exact) mass is 403 g/mol. The van der Waals surface area contributed by atoms with Gasteiger partial charge in [0.25, 0.3) is 0 Å². The molecule has 0 bridgehead atoms. The lowest BCUT2D eigenvalue weighted by molar-refractivity contribution is 0.197.